The van der Waals surface area contributed by atoms with E-state index in [-0.39, 0.29) is 10.8 Å². The van der Waals surface area contributed by atoms with E-state index < -0.39 is 18.0 Å². The Morgan fingerprint density at radius 1 is 1.17 bits per heavy atom. The van der Waals surface area contributed by atoms with Gasteiger partial charge in [0.05, 0.1) is 27.1 Å². The molecule has 0 aliphatic carbocycles. The van der Waals surface area contributed by atoms with E-state index in [1.807, 2.05) is 30.3 Å². The average Bonchev–Trinajstić information content (AvgIpc) is 2.98. The summed E-state index contributed by atoms with van der Waals surface area (Å²) in [6, 6.07) is 10.9. The summed E-state index contributed by atoms with van der Waals surface area (Å²) < 4.78 is 7.00. The van der Waals surface area contributed by atoms with E-state index >= 15 is 0 Å². The first kappa shape index (κ1) is 20.8. The lowest BCUT2D eigenvalue weighted by molar-refractivity contribution is -0.123. The Balaban J connectivity index is 1.74. The molecule has 7 nitrogen and oxygen atoms in total. The molecule has 1 N–H and O–H groups in total. The first-order valence-corrected chi connectivity index (χ1v) is 9.48. The first-order chi connectivity index (χ1) is 13.8. The number of pyridine rings is 1. The van der Waals surface area contributed by atoms with E-state index in [0.717, 1.165) is 5.69 Å². The van der Waals surface area contributed by atoms with Gasteiger partial charge in [-0.2, -0.15) is 5.10 Å². The lowest BCUT2D eigenvalue weighted by atomic mass is 10.2. The van der Waals surface area contributed by atoms with Crippen LogP contribution >= 0.6 is 23.2 Å². The number of hydrogen-bond donors (Lipinski definition) is 1. The quantitative estimate of drug-likeness (QED) is 0.604. The maximum absolute atomic E-state index is 12.7. The van der Waals surface area contributed by atoms with Gasteiger partial charge in [0.1, 0.15) is 5.56 Å². The summed E-state index contributed by atoms with van der Waals surface area (Å²) in [7, 11) is 0. The van der Waals surface area contributed by atoms with Crippen LogP contribution in [0.5, 0.6) is 0 Å². The van der Waals surface area contributed by atoms with Gasteiger partial charge in [-0.05, 0) is 39.0 Å². The van der Waals surface area contributed by atoms with Crippen LogP contribution in [-0.4, -0.2) is 32.7 Å². The van der Waals surface area contributed by atoms with Gasteiger partial charge in [-0.25, -0.2) is 14.5 Å². The number of anilines is 1. The van der Waals surface area contributed by atoms with Gasteiger partial charge in [-0.15, -0.1) is 0 Å². The number of rotatable bonds is 5. The van der Waals surface area contributed by atoms with Crippen LogP contribution in [0, 0.1) is 13.8 Å². The zero-order chi connectivity index (χ0) is 21.1. The predicted molar refractivity (Wildman–Crippen MR) is 111 cm³/mol. The molecule has 9 heteroatoms. The van der Waals surface area contributed by atoms with Gasteiger partial charge in [-0.3, -0.25) is 4.79 Å². The molecule has 0 aliphatic rings. The van der Waals surface area contributed by atoms with E-state index in [1.165, 1.54) is 19.2 Å². The second-order valence-electron chi connectivity index (χ2n) is 6.31. The zero-order valence-corrected chi connectivity index (χ0v) is 17.5. The maximum Gasteiger partial charge on any atom is 0.342 e. The number of aromatic nitrogens is 3. The Bertz CT molecular complexity index is 1070. The highest BCUT2D eigenvalue weighted by molar-refractivity contribution is 6.36. The van der Waals surface area contributed by atoms with Crippen molar-refractivity contribution < 1.29 is 14.3 Å². The normalized spacial score (nSPS) is 11.8. The van der Waals surface area contributed by atoms with Crippen LogP contribution in [0.25, 0.3) is 5.69 Å². The summed E-state index contributed by atoms with van der Waals surface area (Å²) in [6.45, 7) is 4.94. The molecule has 1 amide bonds. The van der Waals surface area contributed by atoms with Crippen molar-refractivity contribution in [1.29, 1.82) is 0 Å². The zero-order valence-electron chi connectivity index (χ0n) is 15.9. The maximum atomic E-state index is 12.7. The van der Waals surface area contributed by atoms with E-state index in [0.29, 0.717) is 22.0 Å². The van der Waals surface area contributed by atoms with Crippen LogP contribution in [-0.2, 0) is 9.53 Å². The molecular formula is C20H18Cl2N4O3. The van der Waals surface area contributed by atoms with Crippen molar-refractivity contribution in [2.75, 3.05) is 5.32 Å². The number of amides is 1. The van der Waals surface area contributed by atoms with Crippen molar-refractivity contribution >= 4 is 40.9 Å². The van der Waals surface area contributed by atoms with Gasteiger partial charge in [-0.1, -0.05) is 41.4 Å². The summed E-state index contributed by atoms with van der Waals surface area (Å²) in [5.74, 6) is -1.07. The van der Waals surface area contributed by atoms with Crippen LogP contribution in [0.3, 0.4) is 0 Å². The van der Waals surface area contributed by atoms with E-state index in [4.69, 9.17) is 27.9 Å². The molecule has 150 valence electrons. The number of halogens is 2. The second-order valence-corrected chi connectivity index (χ2v) is 7.16. The number of para-hydroxylation sites is 1. The third-order valence-corrected chi connectivity index (χ3v) is 4.69. The smallest absolute Gasteiger partial charge is 0.342 e. The Morgan fingerprint density at radius 3 is 2.52 bits per heavy atom. The average molecular weight is 433 g/mol. The van der Waals surface area contributed by atoms with Gasteiger partial charge in [0.15, 0.2) is 11.9 Å². The van der Waals surface area contributed by atoms with Crippen molar-refractivity contribution in [3.05, 3.63) is 69.6 Å². The lowest BCUT2D eigenvalue weighted by Gasteiger charge is -2.14. The van der Waals surface area contributed by atoms with E-state index in [1.54, 1.807) is 18.5 Å². The molecule has 2 heterocycles. The molecule has 1 aromatic carbocycles. The summed E-state index contributed by atoms with van der Waals surface area (Å²) in [5, 5.41) is 7.45. The van der Waals surface area contributed by atoms with Crippen molar-refractivity contribution in [3.8, 4) is 5.69 Å². The molecule has 0 saturated carbocycles. The number of carbonyl (C=O) groups is 2. The molecule has 29 heavy (non-hydrogen) atoms. The monoisotopic (exact) mass is 432 g/mol. The van der Waals surface area contributed by atoms with Gasteiger partial charge in [0.2, 0.25) is 0 Å². The van der Waals surface area contributed by atoms with Gasteiger partial charge >= 0.3 is 5.97 Å². The Hall–Kier alpha value is -2.90. The summed E-state index contributed by atoms with van der Waals surface area (Å²) >= 11 is 11.8. The lowest BCUT2D eigenvalue weighted by Crippen LogP contribution is -2.30. The number of esters is 1. The van der Waals surface area contributed by atoms with Crippen molar-refractivity contribution in [3.63, 3.8) is 0 Å². The number of carbonyl (C=O) groups excluding carboxylic acids is 2. The van der Waals surface area contributed by atoms with Crippen LogP contribution < -0.4 is 5.32 Å². The summed E-state index contributed by atoms with van der Waals surface area (Å²) in [6.07, 6.45) is 0.277. The van der Waals surface area contributed by atoms with Gasteiger partial charge in [0, 0.05) is 6.20 Å². The SMILES string of the molecule is Cc1nn(-c2ccccc2)c(C)c1C(=O)OC(C)C(=O)Nc1ncc(Cl)cc1Cl. The minimum atomic E-state index is -1.07. The fraction of sp³-hybridized carbons (Fsp3) is 0.200. The second kappa shape index (κ2) is 8.63. The molecule has 0 spiro atoms. The van der Waals surface area contributed by atoms with Crippen LogP contribution in [0.4, 0.5) is 5.82 Å². The molecule has 0 bridgehead atoms. The van der Waals surface area contributed by atoms with Crippen LogP contribution in [0.2, 0.25) is 10.0 Å². The number of nitrogens with zero attached hydrogens (tertiary/aromatic N) is 3. The Labute approximate surface area is 177 Å². The number of nitrogens with one attached hydrogen (secondary N) is 1. The third kappa shape index (κ3) is 4.58. The number of benzene rings is 1. The largest absolute Gasteiger partial charge is 0.449 e. The highest BCUT2D eigenvalue weighted by Crippen LogP contribution is 2.23. The minimum Gasteiger partial charge on any atom is -0.449 e. The number of hydrogen-bond acceptors (Lipinski definition) is 5. The van der Waals surface area contributed by atoms with Gasteiger partial charge < -0.3 is 10.1 Å². The van der Waals surface area contributed by atoms with Crippen molar-refractivity contribution in [2.45, 2.75) is 26.9 Å². The third-order valence-electron chi connectivity index (χ3n) is 4.20. The number of ether oxygens (including phenoxy) is 1. The summed E-state index contributed by atoms with van der Waals surface area (Å²) in [4.78, 5) is 29.0. The predicted octanol–water partition coefficient (Wildman–Crippen LogP) is 4.37. The standard InChI is InChI=1S/C20H18Cl2N4O3/c1-11-17(12(2)26(25-11)15-7-5-4-6-8-15)20(28)29-13(3)19(27)24-18-16(22)9-14(21)10-23-18/h4-10,13H,1-3H3,(H,23,24,27). The molecule has 0 saturated heterocycles. The molecule has 0 aliphatic heterocycles. The Morgan fingerprint density at radius 2 is 1.86 bits per heavy atom. The molecule has 0 radical (unpaired) electrons. The summed E-state index contributed by atoms with van der Waals surface area (Å²) in [5.41, 5.74) is 2.26. The Kier molecular flexibility index (Phi) is 6.20. The topological polar surface area (TPSA) is 86.1 Å². The molecule has 2 aromatic heterocycles. The molecule has 0 fully saturated rings. The fourth-order valence-corrected chi connectivity index (χ4v) is 3.18. The highest BCUT2D eigenvalue weighted by Gasteiger charge is 2.25. The van der Waals surface area contributed by atoms with Crippen molar-refractivity contribution in [2.24, 2.45) is 0 Å². The minimum absolute atomic E-state index is 0.133. The van der Waals surface area contributed by atoms with Crippen molar-refractivity contribution in [1.82, 2.24) is 14.8 Å². The number of aryl methyl sites for hydroxylation is 1. The van der Waals surface area contributed by atoms with E-state index in [2.05, 4.69) is 15.4 Å². The fourth-order valence-electron chi connectivity index (χ4n) is 2.76. The highest BCUT2D eigenvalue weighted by atomic mass is 35.5. The van der Waals surface area contributed by atoms with Gasteiger partial charge in [0.25, 0.3) is 5.91 Å². The molecule has 3 aromatic rings. The van der Waals surface area contributed by atoms with Crippen LogP contribution in [0.15, 0.2) is 42.6 Å². The van der Waals surface area contributed by atoms with Crippen LogP contribution in [0.1, 0.15) is 28.7 Å². The molecule has 1 unspecified atom stereocenters. The molecule has 1 atom stereocenters. The molecular weight excluding hydrogens is 415 g/mol. The molecule has 3 rings (SSSR count). The van der Waals surface area contributed by atoms with E-state index in [9.17, 15) is 9.59 Å². The first-order valence-electron chi connectivity index (χ1n) is 8.72.